The molecule has 1 amide bonds. The molecule has 0 radical (unpaired) electrons. The molecule has 22 heavy (non-hydrogen) atoms. The molecule has 1 unspecified atom stereocenters. The highest BCUT2D eigenvalue weighted by Gasteiger charge is 2.13. The van der Waals surface area contributed by atoms with Gasteiger partial charge in [0.05, 0.1) is 6.04 Å². The van der Waals surface area contributed by atoms with E-state index in [1.165, 1.54) is 0 Å². The third-order valence-corrected chi connectivity index (χ3v) is 4.32. The summed E-state index contributed by atoms with van der Waals surface area (Å²) >= 11 is 12.3. The quantitative estimate of drug-likeness (QED) is 0.772. The minimum Gasteiger partial charge on any atom is -0.349 e. The number of carbonyl (C=O) groups excluding carboxylic acids is 1. The molecule has 2 aromatic rings. The SMILES string of the molecule is CCC(NC(=O)CCc1c(Cl)cccc1Cl)c1ccccc1. The normalized spacial score (nSPS) is 12.0. The first-order chi connectivity index (χ1) is 10.6. The van der Waals surface area contributed by atoms with E-state index in [1.807, 2.05) is 30.3 Å². The summed E-state index contributed by atoms with van der Waals surface area (Å²) in [6.45, 7) is 2.06. The summed E-state index contributed by atoms with van der Waals surface area (Å²) in [5.74, 6) is 0.00619. The van der Waals surface area contributed by atoms with E-state index in [9.17, 15) is 4.79 Å². The Morgan fingerprint density at radius 2 is 1.68 bits per heavy atom. The molecule has 116 valence electrons. The lowest BCUT2D eigenvalue weighted by molar-refractivity contribution is -0.121. The number of hydrogen-bond donors (Lipinski definition) is 1. The van der Waals surface area contributed by atoms with E-state index in [0.717, 1.165) is 17.5 Å². The average molecular weight is 336 g/mol. The van der Waals surface area contributed by atoms with Crippen molar-refractivity contribution in [3.63, 3.8) is 0 Å². The lowest BCUT2D eigenvalue weighted by Gasteiger charge is -2.17. The van der Waals surface area contributed by atoms with Crippen LogP contribution in [0, 0.1) is 0 Å². The second kappa shape index (κ2) is 8.21. The van der Waals surface area contributed by atoms with Gasteiger partial charge < -0.3 is 5.32 Å². The van der Waals surface area contributed by atoms with E-state index in [-0.39, 0.29) is 11.9 Å². The molecule has 2 rings (SSSR count). The van der Waals surface area contributed by atoms with Crippen molar-refractivity contribution in [2.75, 3.05) is 0 Å². The topological polar surface area (TPSA) is 29.1 Å². The Hall–Kier alpha value is -1.51. The summed E-state index contributed by atoms with van der Waals surface area (Å²) in [4.78, 5) is 12.2. The van der Waals surface area contributed by atoms with E-state index < -0.39 is 0 Å². The fourth-order valence-corrected chi connectivity index (χ4v) is 2.97. The van der Waals surface area contributed by atoms with Crippen LogP contribution in [0.1, 0.15) is 36.9 Å². The second-order valence-corrected chi connectivity index (χ2v) is 5.95. The zero-order valence-corrected chi connectivity index (χ0v) is 14.0. The van der Waals surface area contributed by atoms with Crippen molar-refractivity contribution in [2.45, 2.75) is 32.2 Å². The molecule has 0 aliphatic rings. The molecule has 0 saturated carbocycles. The van der Waals surface area contributed by atoms with Crippen molar-refractivity contribution < 1.29 is 4.79 Å². The zero-order chi connectivity index (χ0) is 15.9. The summed E-state index contributed by atoms with van der Waals surface area (Å²) in [6, 6.07) is 15.4. The molecule has 0 aromatic heterocycles. The van der Waals surface area contributed by atoms with Crippen LogP contribution in [0.15, 0.2) is 48.5 Å². The van der Waals surface area contributed by atoms with E-state index in [0.29, 0.717) is 22.9 Å². The van der Waals surface area contributed by atoms with Gasteiger partial charge in [-0.2, -0.15) is 0 Å². The molecule has 1 atom stereocenters. The fraction of sp³-hybridized carbons (Fsp3) is 0.278. The molecule has 0 spiro atoms. The molecule has 2 aromatic carbocycles. The molecular weight excluding hydrogens is 317 g/mol. The highest BCUT2D eigenvalue weighted by molar-refractivity contribution is 6.36. The summed E-state index contributed by atoms with van der Waals surface area (Å²) in [7, 11) is 0. The van der Waals surface area contributed by atoms with Crippen LogP contribution >= 0.6 is 23.2 Å². The third-order valence-electron chi connectivity index (χ3n) is 3.61. The maximum atomic E-state index is 12.2. The molecule has 0 aliphatic carbocycles. The molecule has 0 heterocycles. The van der Waals surface area contributed by atoms with E-state index in [2.05, 4.69) is 12.2 Å². The summed E-state index contributed by atoms with van der Waals surface area (Å²) in [5.41, 5.74) is 1.95. The highest BCUT2D eigenvalue weighted by Crippen LogP contribution is 2.25. The van der Waals surface area contributed by atoms with Crippen LogP contribution in [0.25, 0.3) is 0 Å². The average Bonchev–Trinajstić information content (AvgIpc) is 2.53. The maximum Gasteiger partial charge on any atom is 0.220 e. The number of benzene rings is 2. The largest absolute Gasteiger partial charge is 0.349 e. The first-order valence-electron chi connectivity index (χ1n) is 7.39. The Balaban J connectivity index is 1.95. The van der Waals surface area contributed by atoms with Crippen molar-refractivity contribution in [2.24, 2.45) is 0 Å². The Morgan fingerprint density at radius 1 is 1.05 bits per heavy atom. The number of nitrogens with one attached hydrogen (secondary N) is 1. The summed E-state index contributed by atoms with van der Waals surface area (Å²) in [5, 5.41) is 4.28. The summed E-state index contributed by atoms with van der Waals surface area (Å²) in [6.07, 6.45) is 1.75. The molecular formula is C18H19Cl2NO. The molecule has 0 bridgehead atoms. The standard InChI is InChI=1S/C18H19Cl2NO/c1-2-17(13-7-4-3-5-8-13)21-18(22)12-11-14-15(19)9-6-10-16(14)20/h3-10,17H,2,11-12H2,1H3,(H,21,22). The molecule has 0 fully saturated rings. The first kappa shape index (κ1) is 16.9. The van der Waals surface area contributed by atoms with Gasteiger partial charge in [-0.1, -0.05) is 66.5 Å². The van der Waals surface area contributed by atoms with Crippen molar-refractivity contribution in [3.05, 3.63) is 69.7 Å². The van der Waals surface area contributed by atoms with Gasteiger partial charge in [0.25, 0.3) is 0 Å². The zero-order valence-electron chi connectivity index (χ0n) is 12.5. The van der Waals surface area contributed by atoms with Gasteiger partial charge in [-0.25, -0.2) is 0 Å². The number of hydrogen-bond acceptors (Lipinski definition) is 1. The van der Waals surface area contributed by atoms with Crippen LogP contribution in [0.2, 0.25) is 10.0 Å². The van der Waals surface area contributed by atoms with E-state index >= 15 is 0 Å². The predicted octanol–water partition coefficient (Wildman–Crippen LogP) is 5.19. The number of carbonyl (C=O) groups is 1. The van der Waals surface area contributed by atoms with Crippen molar-refractivity contribution in [1.29, 1.82) is 0 Å². The molecule has 1 N–H and O–H groups in total. The van der Waals surface area contributed by atoms with Crippen molar-refractivity contribution in [1.82, 2.24) is 5.32 Å². The van der Waals surface area contributed by atoms with Crippen molar-refractivity contribution in [3.8, 4) is 0 Å². The summed E-state index contributed by atoms with van der Waals surface area (Å²) < 4.78 is 0. The monoisotopic (exact) mass is 335 g/mol. The van der Waals surface area contributed by atoms with Gasteiger partial charge >= 0.3 is 0 Å². The van der Waals surface area contributed by atoms with Crippen LogP contribution in [0.5, 0.6) is 0 Å². The lowest BCUT2D eigenvalue weighted by Crippen LogP contribution is -2.28. The van der Waals surface area contributed by atoms with Gasteiger partial charge in [-0.05, 0) is 36.1 Å². The number of rotatable bonds is 6. The van der Waals surface area contributed by atoms with Crippen molar-refractivity contribution >= 4 is 29.1 Å². The highest BCUT2D eigenvalue weighted by atomic mass is 35.5. The second-order valence-electron chi connectivity index (χ2n) is 5.14. The Morgan fingerprint density at radius 3 is 2.27 bits per heavy atom. The maximum absolute atomic E-state index is 12.2. The van der Waals surface area contributed by atoms with Crippen LogP contribution < -0.4 is 5.32 Å². The van der Waals surface area contributed by atoms with Gasteiger partial charge in [0.2, 0.25) is 5.91 Å². The third kappa shape index (κ3) is 4.49. The van der Waals surface area contributed by atoms with E-state index in [1.54, 1.807) is 18.2 Å². The minimum atomic E-state index is 0.00619. The molecule has 0 aliphatic heterocycles. The van der Waals surface area contributed by atoms with Gasteiger partial charge in [0.1, 0.15) is 0 Å². The van der Waals surface area contributed by atoms with Gasteiger partial charge in [-0.3, -0.25) is 4.79 Å². The smallest absolute Gasteiger partial charge is 0.220 e. The molecule has 4 heteroatoms. The van der Waals surface area contributed by atoms with Gasteiger partial charge in [-0.15, -0.1) is 0 Å². The van der Waals surface area contributed by atoms with Crippen LogP contribution in [-0.4, -0.2) is 5.91 Å². The minimum absolute atomic E-state index is 0.00619. The van der Waals surface area contributed by atoms with E-state index in [4.69, 9.17) is 23.2 Å². The molecule has 2 nitrogen and oxygen atoms in total. The predicted molar refractivity (Wildman–Crippen MR) is 92.4 cm³/mol. The van der Waals surface area contributed by atoms with Crippen LogP contribution in [0.4, 0.5) is 0 Å². The lowest BCUT2D eigenvalue weighted by atomic mass is 10.0. The number of halogens is 2. The Bertz CT molecular complexity index is 608. The molecule has 0 saturated heterocycles. The van der Waals surface area contributed by atoms with Crippen LogP contribution in [0.3, 0.4) is 0 Å². The fourth-order valence-electron chi connectivity index (χ4n) is 2.38. The Labute approximate surface area is 141 Å². The first-order valence-corrected chi connectivity index (χ1v) is 8.14. The Kier molecular flexibility index (Phi) is 6.29. The number of amides is 1. The van der Waals surface area contributed by atoms with Gasteiger partial charge in [0, 0.05) is 16.5 Å². The van der Waals surface area contributed by atoms with Crippen LogP contribution in [-0.2, 0) is 11.2 Å². The van der Waals surface area contributed by atoms with Gasteiger partial charge in [0.15, 0.2) is 0 Å².